The number of nitrogens with one attached hydrogen (secondary N) is 1. The fourth-order valence-corrected chi connectivity index (χ4v) is 3.01. The number of carbonyl (C=O) groups is 1. The smallest absolute Gasteiger partial charge is 0.270 e. The van der Waals surface area contributed by atoms with Gasteiger partial charge in [-0.2, -0.15) is 0 Å². The Kier molecular flexibility index (Phi) is 4.96. The van der Waals surface area contributed by atoms with E-state index in [1.807, 2.05) is 6.92 Å². The molecule has 2 heterocycles. The maximum absolute atomic E-state index is 12.3. The summed E-state index contributed by atoms with van der Waals surface area (Å²) in [7, 11) is 0. The van der Waals surface area contributed by atoms with Crippen LogP contribution in [0.2, 0.25) is 0 Å². The standard InChI is InChI=1S/C18H17N3O2S/c1-13-5-7-14(8-6-13)24-11-9-19-17(22)15-12-20-16-4-2-3-10-21(16)18(15)23/h2-8,10,12H,9,11H2,1H3,(H,19,22). The van der Waals surface area contributed by atoms with Gasteiger partial charge in [-0.25, -0.2) is 4.98 Å². The molecule has 5 nitrogen and oxygen atoms in total. The zero-order valence-corrected chi connectivity index (χ0v) is 14.0. The number of benzene rings is 1. The van der Waals surface area contributed by atoms with Crippen LogP contribution in [0, 0.1) is 6.92 Å². The van der Waals surface area contributed by atoms with E-state index in [0.29, 0.717) is 12.2 Å². The van der Waals surface area contributed by atoms with Gasteiger partial charge in [-0.05, 0) is 31.2 Å². The lowest BCUT2D eigenvalue weighted by molar-refractivity contribution is 0.0954. The fourth-order valence-electron chi connectivity index (χ4n) is 2.25. The third-order valence-electron chi connectivity index (χ3n) is 3.54. The molecule has 3 rings (SSSR count). The van der Waals surface area contributed by atoms with Gasteiger partial charge in [-0.3, -0.25) is 14.0 Å². The van der Waals surface area contributed by atoms with Gasteiger partial charge in [0.1, 0.15) is 11.2 Å². The Labute approximate surface area is 143 Å². The summed E-state index contributed by atoms with van der Waals surface area (Å²) in [6.07, 6.45) is 2.94. The molecule has 0 bridgehead atoms. The first-order chi connectivity index (χ1) is 11.6. The maximum atomic E-state index is 12.3. The van der Waals surface area contributed by atoms with Crippen molar-refractivity contribution in [1.82, 2.24) is 14.7 Å². The van der Waals surface area contributed by atoms with E-state index in [4.69, 9.17) is 0 Å². The van der Waals surface area contributed by atoms with E-state index >= 15 is 0 Å². The van der Waals surface area contributed by atoms with E-state index in [0.717, 1.165) is 10.6 Å². The Bertz CT molecular complexity index is 919. The molecule has 6 heteroatoms. The highest BCUT2D eigenvalue weighted by molar-refractivity contribution is 7.99. The molecular weight excluding hydrogens is 322 g/mol. The van der Waals surface area contributed by atoms with E-state index < -0.39 is 5.91 Å². The summed E-state index contributed by atoms with van der Waals surface area (Å²) in [6, 6.07) is 13.5. The fraction of sp³-hybridized carbons (Fsp3) is 0.167. The number of pyridine rings is 1. The minimum atomic E-state index is -0.393. The molecule has 0 aliphatic carbocycles. The van der Waals surface area contributed by atoms with E-state index in [9.17, 15) is 9.59 Å². The van der Waals surface area contributed by atoms with Gasteiger partial charge in [-0.1, -0.05) is 23.8 Å². The molecule has 0 fully saturated rings. The van der Waals surface area contributed by atoms with Crippen LogP contribution in [0.3, 0.4) is 0 Å². The molecule has 122 valence electrons. The molecule has 0 atom stereocenters. The van der Waals surface area contributed by atoms with Crippen molar-refractivity contribution in [3.05, 3.63) is 76.3 Å². The molecule has 0 radical (unpaired) electrons. The molecule has 0 unspecified atom stereocenters. The first-order valence-corrected chi connectivity index (χ1v) is 8.58. The highest BCUT2D eigenvalue weighted by Gasteiger charge is 2.12. The molecule has 1 aromatic carbocycles. The zero-order chi connectivity index (χ0) is 16.9. The second-order valence-electron chi connectivity index (χ2n) is 5.32. The Morgan fingerprint density at radius 1 is 1.21 bits per heavy atom. The second-order valence-corrected chi connectivity index (χ2v) is 6.49. The van der Waals surface area contributed by atoms with Crippen LogP contribution in [-0.4, -0.2) is 27.6 Å². The number of rotatable bonds is 5. The Morgan fingerprint density at radius 3 is 2.79 bits per heavy atom. The number of hydrogen-bond donors (Lipinski definition) is 1. The van der Waals surface area contributed by atoms with Crippen LogP contribution in [0.25, 0.3) is 5.65 Å². The molecule has 24 heavy (non-hydrogen) atoms. The summed E-state index contributed by atoms with van der Waals surface area (Å²) in [5.74, 6) is 0.340. The Morgan fingerprint density at radius 2 is 2.00 bits per heavy atom. The molecular formula is C18H17N3O2S. The minimum Gasteiger partial charge on any atom is -0.351 e. The second kappa shape index (κ2) is 7.31. The lowest BCUT2D eigenvalue weighted by Gasteiger charge is -2.06. The molecule has 1 amide bonds. The van der Waals surface area contributed by atoms with Crippen LogP contribution in [0.1, 0.15) is 15.9 Å². The molecule has 0 saturated carbocycles. The summed E-state index contributed by atoms with van der Waals surface area (Å²) in [6.45, 7) is 2.53. The molecule has 0 aliphatic heterocycles. The van der Waals surface area contributed by atoms with E-state index in [1.54, 1.807) is 36.2 Å². The summed E-state index contributed by atoms with van der Waals surface area (Å²) in [5, 5.41) is 2.77. The predicted octanol–water partition coefficient (Wildman–Crippen LogP) is 2.53. The van der Waals surface area contributed by atoms with Gasteiger partial charge in [0.25, 0.3) is 11.5 Å². The average Bonchev–Trinajstić information content (AvgIpc) is 2.60. The van der Waals surface area contributed by atoms with Crippen molar-refractivity contribution in [3.63, 3.8) is 0 Å². The minimum absolute atomic E-state index is 0.0547. The van der Waals surface area contributed by atoms with Gasteiger partial charge in [-0.15, -0.1) is 11.8 Å². The van der Waals surface area contributed by atoms with E-state index in [-0.39, 0.29) is 11.1 Å². The van der Waals surface area contributed by atoms with Gasteiger partial charge in [0.2, 0.25) is 0 Å². The highest BCUT2D eigenvalue weighted by Crippen LogP contribution is 2.17. The lowest BCUT2D eigenvalue weighted by Crippen LogP contribution is -2.32. The Balaban J connectivity index is 1.60. The number of aromatic nitrogens is 2. The van der Waals surface area contributed by atoms with Crippen LogP contribution < -0.4 is 10.9 Å². The molecule has 2 aromatic heterocycles. The monoisotopic (exact) mass is 339 g/mol. The molecule has 3 aromatic rings. The largest absolute Gasteiger partial charge is 0.351 e. The third-order valence-corrected chi connectivity index (χ3v) is 4.55. The summed E-state index contributed by atoms with van der Waals surface area (Å²) >= 11 is 1.66. The average molecular weight is 339 g/mol. The van der Waals surface area contributed by atoms with Crippen molar-refractivity contribution < 1.29 is 4.79 Å². The Hall–Kier alpha value is -2.60. The lowest BCUT2D eigenvalue weighted by atomic mass is 10.2. The number of carbonyl (C=O) groups excluding carboxylic acids is 1. The van der Waals surface area contributed by atoms with Crippen LogP contribution in [0.15, 0.2) is 64.5 Å². The van der Waals surface area contributed by atoms with Gasteiger partial charge in [0.05, 0.1) is 0 Å². The van der Waals surface area contributed by atoms with Crippen molar-refractivity contribution >= 4 is 23.3 Å². The number of nitrogens with zero attached hydrogens (tertiary/aromatic N) is 2. The van der Waals surface area contributed by atoms with Gasteiger partial charge in [0, 0.05) is 29.6 Å². The number of hydrogen-bond acceptors (Lipinski definition) is 4. The summed E-state index contributed by atoms with van der Waals surface area (Å²) < 4.78 is 1.37. The predicted molar refractivity (Wildman–Crippen MR) is 95.7 cm³/mol. The first-order valence-electron chi connectivity index (χ1n) is 7.59. The van der Waals surface area contributed by atoms with Gasteiger partial charge < -0.3 is 5.32 Å². The van der Waals surface area contributed by atoms with Crippen LogP contribution in [0.5, 0.6) is 0 Å². The van der Waals surface area contributed by atoms with Gasteiger partial charge in [0.15, 0.2) is 0 Å². The first kappa shape index (κ1) is 16.3. The molecule has 0 spiro atoms. The number of thioether (sulfide) groups is 1. The number of amides is 1. The van der Waals surface area contributed by atoms with Crippen molar-refractivity contribution in [2.45, 2.75) is 11.8 Å². The third kappa shape index (κ3) is 3.65. The van der Waals surface area contributed by atoms with Crippen LogP contribution in [0.4, 0.5) is 0 Å². The molecule has 0 aliphatic rings. The number of aryl methyl sites for hydroxylation is 1. The van der Waals surface area contributed by atoms with E-state index in [2.05, 4.69) is 34.6 Å². The normalized spacial score (nSPS) is 10.7. The van der Waals surface area contributed by atoms with Crippen molar-refractivity contribution in [1.29, 1.82) is 0 Å². The quantitative estimate of drug-likeness (QED) is 0.573. The van der Waals surface area contributed by atoms with Crippen molar-refractivity contribution in [3.8, 4) is 0 Å². The van der Waals surface area contributed by atoms with Crippen LogP contribution in [-0.2, 0) is 0 Å². The number of fused-ring (bicyclic) bond motifs is 1. The van der Waals surface area contributed by atoms with Crippen molar-refractivity contribution in [2.75, 3.05) is 12.3 Å². The SMILES string of the molecule is Cc1ccc(SCCNC(=O)c2cnc3ccccn3c2=O)cc1. The zero-order valence-electron chi connectivity index (χ0n) is 13.2. The molecule has 0 saturated heterocycles. The van der Waals surface area contributed by atoms with Gasteiger partial charge >= 0.3 is 0 Å². The topological polar surface area (TPSA) is 63.5 Å². The summed E-state index contributed by atoms with van der Waals surface area (Å²) in [4.78, 5) is 29.8. The maximum Gasteiger partial charge on any atom is 0.270 e. The van der Waals surface area contributed by atoms with Crippen molar-refractivity contribution in [2.24, 2.45) is 0 Å². The highest BCUT2D eigenvalue weighted by atomic mass is 32.2. The molecule has 1 N–H and O–H groups in total. The van der Waals surface area contributed by atoms with E-state index in [1.165, 1.54) is 16.2 Å². The summed E-state index contributed by atoms with van der Waals surface area (Å²) in [5.41, 5.74) is 1.44. The van der Waals surface area contributed by atoms with Crippen LogP contribution >= 0.6 is 11.8 Å².